The van der Waals surface area contributed by atoms with Gasteiger partial charge in [0.25, 0.3) is 5.91 Å². The number of ether oxygens (including phenoxy) is 1. The molecule has 0 atom stereocenters. The molecule has 5 heteroatoms. The first-order valence-corrected chi connectivity index (χ1v) is 5.57. The molecule has 0 unspecified atom stereocenters. The highest BCUT2D eigenvalue weighted by atomic mass is 16.5. The van der Waals surface area contributed by atoms with Crippen LogP contribution in [0.15, 0.2) is 30.9 Å². The van der Waals surface area contributed by atoms with Crippen LogP contribution in [-0.4, -0.2) is 29.3 Å². The monoisotopic (exact) mass is 245 g/mol. The first-order chi connectivity index (χ1) is 8.67. The van der Waals surface area contributed by atoms with Gasteiger partial charge in [-0.3, -0.25) is 4.79 Å². The van der Waals surface area contributed by atoms with Crippen molar-refractivity contribution in [3.63, 3.8) is 0 Å². The maximum absolute atomic E-state index is 11.8. The molecule has 0 aliphatic heterocycles. The lowest BCUT2D eigenvalue weighted by atomic mass is 10.1. The van der Waals surface area contributed by atoms with Gasteiger partial charge in [0.1, 0.15) is 0 Å². The van der Waals surface area contributed by atoms with E-state index in [9.17, 15) is 4.79 Å². The number of hydrogen-bond acceptors (Lipinski definition) is 3. The Morgan fingerprint density at radius 2 is 2.39 bits per heavy atom. The van der Waals surface area contributed by atoms with Gasteiger partial charge >= 0.3 is 0 Å². The highest BCUT2D eigenvalue weighted by Crippen LogP contribution is 2.25. The number of benzene rings is 1. The summed E-state index contributed by atoms with van der Waals surface area (Å²) in [6.07, 6.45) is 1.64. The number of hydrogen-bond donors (Lipinski definition) is 1. The van der Waals surface area contributed by atoms with E-state index in [1.165, 1.54) is 0 Å². The number of nitrogens with one attached hydrogen (secondary N) is 1. The molecule has 1 aromatic heterocycles. The minimum atomic E-state index is -0.138. The van der Waals surface area contributed by atoms with E-state index < -0.39 is 0 Å². The Morgan fingerprint density at radius 3 is 3.06 bits per heavy atom. The molecular weight excluding hydrogens is 230 g/mol. The van der Waals surface area contributed by atoms with Crippen LogP contribution in [0.25, 0.3) is 10.9 Å². The van der Waals surface area contributed by atoms with Crippen LogP contribution in [0.5, 0.6) is 5.88 Å². The second kappa shape index (κ2) is 4.91. The highest BCUT2D eigenvalue weighted by molar-refractivity contribution is 5.98. The molecule has 0 aliphatic rings. The zero-order chi connectivity index (χ0) is 13.1. The number of rotatable bonds is 4. The topological polar surface area (TPSA) is 56.1 Å². The second-order valence-corrected chi connectivity index (χ2v) is 3.86. The van der Waals surface area contributed by atoms with Crippen LogP contribution in [0, 0.1) is 0 Å². The van der Waals surface area contributed by atoms with Crippen molar-refractivity contribution in [3.8, 4) is 5.88 Å². The molecule has 5 nitrogen and oxygen atoms in total. The Hall–Kier alpha value is -2.30. The highest BCUT2D eigenvalue weighted by Gasteiger charge is 2.12. The Kier molecular flexibility index (Phi) is 3.32. The molecule has 1 N–H and O–H groups in total. The Labute approximate surface area is 105 Å². The fourth-order valence-electron chi connectivity index (χ4n) is 1.83. The van der Waals surface area contributed by atoms with Crippen LogP contribution in [0.4, 0.5) is 0 Å². The molecule has 0 aliphatic carbocycles. The molecule has 0 bridgehead atoms. The van der Waals surface area contributed by atoms with E-state index in [4.69, 9.17) is 4.74 Å². The molecular formula is C13H15N3O2. The number of nitrogens with zero attached hydrogens (tertiary/aromatic N) is 2. The molecule has 0 saturated carbocycles. The van der Waals surface area contributed by atoms with E-state index in [-0.39, 0.29) is 5.91 Å². The summed E-state index contributed by atoms with van der Waals surface area (Å²) in [5, 5.41) is 7.91. The summed E-state index contributed by atoms with van der Waals surface area (Å²) in [5.41, 5.74) is 1.31. The molecule has 0 radical (unpaired) electrons. The lowest BCUT2D eigenvalue weighted by Gasteiger charge is -2.02. The van der Waals surface area contributed by atoms with E-state index in [0.29, 0.717) is 18.0 Å². The second-order valence-electron chi connectivity index (χ2n) is 3.86. The Balaban J connectivity index is 2.39. The van der Waals surface area contributed by atoms with Crippen molar-refractivity contribution in [1.29, 1.82) is 0 Å². The van der Waals surface area contributed by atoms with Gasteiger partial charge < -0.3 is 10.1 Å². The van der Waals surface area contributed by atoms with E-state index in [1.54, 1.807) is 37.0 Å². The largest absolute Gasteiger partial charge is 0.481 e. The predicted molar refractivity (Wildman–Crippen MR) is 69.8 cm³/mol. The summed E-state index contributed by atoms with van der Waals surface area (Å²) in [5.74, 6) is 0.546. The van der Waals surface area contributed by atoms with Gasteiger partial charge in [-0.2, -0.15) is 5.10 Å². The third kappa shape index (κ3) is 2.07. The molecule has 1 aromatic carbocycles. The lowest BCUT2D eigenvalue weighted by molar-refractivity contribution is 0.0958. The molecule has 1 heterocycles. The minimum absolute atomic E-state index is 0.138. The average Bonchev–Trinajstić information content (AvgIpc) is 2.69. The average molecular weight is 245 g/mol. The van der Waals surface area contributed by atoms with Crippen molar-refractivity contribution >= 4 is 16.8 Å². The van der Waals surface area contributed by atoms with Crippen LogP contribution in [0.3, 0.4) is 0 Å². The molecule has 0 spiro atoms. The number of fused-ring (bicyclic) bond motifs is 1. The van der Waals surface area contributed by atoms with Gasteiger partial charge in [-0.05, 0) is 18.2 Å². The third-order valence-corrected chi connectivity index (χ3v) is 2.64. The zero-order valence-electron chi connectivity index (χ0n) is 10.4. The summed E-state index contributed by atoms with van der Waals surface area (Å²) in [4.78, 5) is 11.8. The number of carbonyl (C=O) groups excluding carboxylic acids is 1. The van der Waals surface area contributed by atoms with Gasteiger partial charge in [0.05, 0.1) is 18.0 Å². The van der Waals surface area contributed by atoms with Crippen molar-refractivity contribution in [3.05, 3.63) is 36.4 Å². The van der Waals surface area contributed by atoms with Crippen molar-refractivity contribution in [2.75, 3.05) is 13.7 Å². The first-order valence-electron chi connectivity index (χ1n) is 5.57. The van der Waals surface area contributed by atoms with Gasteiger partial charge in [-0.1, -0.05) is 6.08 Å². The molecule has 0 fully saturated rings. The van der Waals surface area contributed by atoms with Crippen molar-refractivity contribution < 1.29 is 9.53 Å². The van der Waals surface area contributed by atoms with Crippen LogP contribution in [0.2, 0.25) is 0 Å². The summed E-state index contributed by atoms with van der Waals surface area (Å²) in [6.45, 7) is 4.00. The van der Waals surface area contributed by atoms with Gasteiger partial charge in [0.15, 0.2) is 0 Å². The SMILES string of the molecule is C=CCNC(=O)c1ccc2c(OC)n(C)nc2c1. The van der Waals surface area contributed by atoms with Crippen molar-refractivity contribution in [2.45, 2.75) is 0 Å². The smallest absolute Gasteiger partial charge is 0.251 e. The van der Waals surface area contributed by atoms with Crippen molar-refractivity contribution in [2.24, 2.45) is 7.05 Å². The zero-order valence-corrected chi connectivity index (χ0v) is 10.4. The Morgan fingerprint density at radius 1 is 1.61 bits per heavy atom. The van der Waals surface area contributed by atoms with Crippen LogP contribution < -0.4 is 10.1 Å². The maximum Gasteiger partial charge on any atom is 0.251 e. The fraction of sp³-hybridized carbons (Fsp3) is 0.231. The molecule has 2 aromatic rings. The summed E-state index contributed by atoms with van der Waals surface area (Å²) in [6, 6.07) is 5.34. The first kappa shape index (κ1) is 12.2. The van der Waals surface area contributed by atoms with E-state index in [2.05, 4.69) is 17.0 Å². The maximum atomic E-state index is 11.8. The van der Waals surface area contributed by atoms with E-state index in [1.807, 2.05) is 6.07 Å². The van der Waals surface area contributed by atoms with Crippen LogP contribution in [0.1, 0.15) is 10.4 Å². The molecule has 18 heavy (non-hydrogen) atoms. The van der Waals surface area contributed by atoms with Gasteiger partial charge in [-0.25, -0.2) is 4.68 Å². The number of carbonyl (C=O) groups is 1. The van der Waals surface area contributed by atoms with Crippen LogP contribution in [-0.2, 0) is 7.05 Å². The van der Waals surface area contributed by atoms with E-state index >= 15 is 0 Å². The standard InChI is InChI=1S/C13H15N3O2/c1-4-7-14-12(17)9-5-6-10-11(8-9)15-16(2)13(10)18-3/h4-6,8H,1,7H2,2-3H3,(H,14,17). The summed E-state index contributed by atoms with van der Waals surface area (Å²) < 4.78 is 6.90. The lowest BCUT2D eigenvalue weighted by Crippen LogP contribution is -2.22. The van der Waals surface area contributed by atoms with Crippen LogP contribution >= 0.6 is 0 Å². The third-order valence-electron chi connectivity index (χ3n) is 2.64. The number of amides is 1. The summed E-state index contributed by atoms with van der Waals surface area (Å²) >= 11 is 0. The Bertz CT molecular complexity index is 602. The van der Waals surface area contributed by atoms with E-state index in [0.717, 1.165) is 10.9 Å². The molecule has 1 amide bonds. The molecule has 0 saturated heterocycles. The van der Waals surface area contributed by atoms with Crippen molar-refractivity contribution in [1.82, 2.24) is 15.1 Å². The summed E-state index contributed by atoms with van der Waals surface area (Å²) in [7, 11) is 3.40. The molecule has 2 rings (SSSR count). The number of aryl methyl sites for hydroxylation is 1. The fourth-order valence-corrected chi connectivity index (χ4v) is 1.83. The van der Waals surface area contributed by atoms with Gasteiger partial charge in [-0.15, -0.1) is 6.58 Å². The molecule has 94 valence electrons. The number of aromatic nitrogens is 2. The minimum Gasteiger partial charge on any atom is -0.481 e. The van der Waals surface area contributed by atoms with Gasteiger partial charge in [0, 0.05) is 19.2 Å². The normalized spacial score (nSPS) is 10.3. The predicted octanol–water partition coefficient (Wildman–Crippen LogP) is 1.50. The quantitative estimate of drug-likeness (QED) is 0.830. The van der Waals surface area contributed by atoms with Gasteiger partial charge in [0.2, 0.25) is 5.88 Å². The number of methoxy groups -OCH3 is 1.